The normalized spacial score (nSPS) is 13.9. The Labute approximate surface area is 98.3 Å². The van der Waals surface area contributed by atoms with Gasteiger partial charge in [-0.15, -0.1) is 0 Å². The van der Waals surface area contributed by atoms with Gasteiger partial charge in [-0.2, -0.15) is 0 Å². The van der Waals surface area contributed by atoms with Crippen LogP contribution >= 0.6 is 0 Å². The third kappa shape index (κ3) is 3.43. The summed E-state index contributed by atoms with van der Waals surface area (Å²) >= 11 is 0. The van der Waals surface area contributed by atoms with Crippen LogP contribution in [0.3, 0.4) is 0 Å². The maximum absolute atomic E-state index is 13.4. The van der Waals surface area contributed by atoms with Gasteiger partial charge >= 0.3 is 13.7 Å². The first kappa shape index (κ1) is 13.5. The largest absolute Gasteiger partial charge is 0.569 e. The van der Waals surface area contributed by atoms with Crippen molar-refractivity contribution in [3.8, 4) is 5.75 Å². The monoisotopic (exact) mass is 240 g/mol. The first-order chi connectivity index (χ1) is 7.86. The van der Waals surface area contributed by atoms with Crippen LogP contribution < -0.4 is 10.4 Å². The average Bonchev–Trinajstić information content (AvgIpc) is 2.21. The summed E-state index contributed by atoms with van der Waals surface area (Å²) in [4.78, 5) is 10.8. The van der Waals surface area contributed by atoms with Crippen molar-refractivity contribution in [1.82, 2.24) is 0 Å². The molecule has 0 amide bonds. The van der Waals surface area contributed by atoms with E-state index in [0.29, 0.717) is 13.2 Å². The van der Waals surface area contributed by atoms with Crippen LogP contribution in [0.4, 0.5) is 4.39 Å². The Morgan fingerprint density at radius 3 is 2.76 bits per heavy atom. The number of rotatable bonds is 5. The van der Waals surface area contributed by atoms with E-state index in [4.69, 9.17) is 15.9 Å². The topological polar surface area (TPSA) is 92.8 Å². The van der Waals surface area contributed by atoms with Crippen molar-refractivity contribution in [1.29, 1.82) is 0 Å². The van der Waals surface area contributed by atoms with E-state index < -0.39 is 17.3 Å². The van der Waals surface area contributed by atoms with Crippen molar-refractivity contribution in [3.05, 3.63) is 29.6 Å². The molecule has 4 N–H and O–H groups in total. The molecule has 0 bridgehead atoms. The molecule has 0 unspecified atom stereocenters. The number of benzene rings is 1. The molecule has 91 valence electrons. The molecule has 0 saturated heterocycles. The number of hydrogen-bond donors (Lipinski definition) is 3. The Morgan fingerprint density at radius 2 is 2.29 bits per heavy atom. The highest BCUT2D eigenvalue weighted by molar-refractivity contribution is 6.17. The molecule has 1 rings (SSSR count). The van der Waals surface area contributed by atoms with Crippen molar-refractivity contribution in [3.63, 3.8) is 0 Å². The van der Waals surface area contributed by atoms with Gasteiger partial charge in [-0.25, -0.2) is 4.39 Å². The number of halogens is 1. The highest BCUT2D eigenvalue weighted by Gasteiger charge is 2.28. The quantitative estimate of drug-likeness (QED) is 0.633. The first-order valence-corrected chi connectivity index (χ1v) is 4.80. The lowest BCUT2D eigenvalue weighted by Crippen LogP contribution is -2.46. The smallest absolute Gasteiger partial charge is 0.535 e. The summed E-state index contributed by atoms with van der Waals surface area (Å²) in [6, 6.07) is 3.89. The first-order valence-electron chi connectivity index (χ1n) is 4.80. The number of carboxylic acids is 1. The summed E-state index contributed by atoms with van der Waals surface area (Å²) in [5.74, 6) is -2.01. The van der Waals surface area contributed by atoms with E-state index in [0.717, 1.165) is 6.07 Å². The van der Waals surface area contributed by atoms with Gasteiger partial charge in [-0.3, -0.25) is 4.79 Å². The van der Waals surface area contributed by atoms with Gasteiger partial charge in [0.05, 0.1) is 0 Å². The van der Waals surface area contributed by atoms with E-state index in [2.05, 4.69) is 4.65 Å². The lowest BCUT2D eigenvalue weighted by Gasteiger charge is -2.19. The molecule has 1 aromatic rings. The minimum atomic E-state index is -1.46. The van der Waals surface area contributed by atoms with Crippen molar-refractivity contribution in [2.45, 2.75) is 18.9 Å². The van der Waals surface area contributed by atoms with E-state index in [-0.39, 0.29) is 12.2 Å². The van der Waals surface area contributed by atoms with E-state index >= 15 is 0 Å². The highest BCUT2D eigenvalue weighted by atomic mass is 19.1. The van der Waals surface area contributed by atoms with E-state index in [9.17, 15) is 9.18 Å². The highest BCUT2D eigenvalue weighted by Crippen LogP contribution is 2.20. The summed E-state index contributed by atoms with van der Waals surface area (Å²) in [6.45, 7) is 1.35. The van der Waals surface area contributed by atoms with Crippen molar-refractivity contribution < 1.29 is 24.0 Å². The maximum Gasteiger partial charge on any atom is 0.569 e. The van der Waals surface area contributed by atoms with Crippen molar-refractivity contribution >= 4 is 13.7 Å². The summed E-state index contributed by atoms with van der Waals surface area (Å²) in [7, 11) is 0.363. The van der Waals surface area contributed by atoms with Crippen LogP contribution in [-0.4, -0.2) is 29.3 Å². The fourth-order valence-corrected chi connectivity index (χ4v) is 1.31. The number of nitrogens with two attached hydrogens (primary N) is 1. The minimum absolute atomic E-state index is 0.0115. The van der Waals surface area contributed by atoms with Gasteiger partial charge in [0, 0.05) is 6.42 Å². The molecule has 1 atom stereocenters. The Hall–Kier alpha value is -1.60. The summed E-state index contributed by atoms with van der Waals surface area (Å²) in [5.41, 5.74) is 4.51. The molecular weight excluding hydrogens is 228 g/mol. The molecule has 0 aliphatic heterocycles. The predicted octanol–water partition coefficient (Wildman–Crippen LogP) is 0.0755. The van der Waals surface area contributed by atoms with Crippen LogP contribution in [0.2, 0.25) is 0 Å². The van der Waals surface area contributed by atoms with Gasteiger partial charge in [0.2, 0.25) is 0 Å². The van der Waals surface area contributed by atoms with Crippen LogP contribution in [0.1, 0.15) is 12.5 Å². The summed E-state index contributed by atoms with van der Waals surface area (Å²) in [5, 5.41) is 17.2. The molecule has 7 heteroatoms. The fourth-order valence-electron chi connectivity index (χ4n) is 1.31. The number of aliphatic carboxylic acids is 1. The van der Waals surface area contributed by atoms with Gasteiger partial charge in [-0.05, 0) is 24.6 Å². The molecule has 1 radical (unpaired) electrons. The van der Waals surface area contributed by atoms with E-state index in [1.54, 1.807) is 0 Å². The zero-order valence-electron chi connectivity index (χ0n) is 9.18. The lowest BCUT2D eigenvalue weighted by molar-refractivity contribution is -0.142. The van der Waals surface area contributed by atoms with E-state index in [1.807, 2.05) is 0 Å². The van der Waals surface area contributed by atoms with Crippen LogP contribution in [0, 0.1) is 5.82 Å². The maximum atomic E-state index is 13.4. The second-order valence-electron chi connectivity index (χ2n) is 3.89. The number of carboxylic acid groups (broad SMARTS) is 1. The van der Waals surface area contributed by atoms with Crippen LogP contribution in [0.5, 0.6) is 5.75 Å². The van der Waals surface area contributed by atoms with Crippen LogP contribution in [-0.2, 0) is 11.2 Å². The fraction of sp³-hybridized carbons (Fsp3) is 0.300. The minimum Gasteiger partial charge on any atom is -0.535 e. The van der Waals surface area contributed by atoms with Gasteiger partial charge in [0.1, 0.15) is 11.3 Å². The molecule has 0 fully saturated rings. The standard InChI is InChI=1S/C10H12BFNO4/c1-10(13,9(14)15)5-6-2-3-8(17-11-16)7(12)4-6/h2-4,16H,5,13H2,1H3,(H,14,15)/t10-/m0/s1. The summed E-state index contributed by atoms with van der Waals surface area (Å²) in [6.07, 6.45) is -0.0115. The molecule has 0 spiro atoms. The third-order valence-corrected chi connectivity index (χ3v) is 2.24. The molecule has 0 aliphatic rings. The van der Waals surface area contributed by atoms with Gasteiger partial charge in [0.25, 0.3) is 0 Å². The molecular formula is C10H12BFNO4. The molecule has 0 heterocycles. The van der Waals surface area contributed by atoms with E-state index in [1.165, 1.54) is 19.1 Å². The second-order valence-corrected chi connectivity index (χ2v) is 3.89. The zero-order valence-corrected chi connectivity index (χ0v) is 9.18. The van der Waals surface area contributed by atoms with Crippen LogP contribution in [0.25, 0.3) is 0 Å². The Balaban J connectivity index is 2.87. The lowest BCUT2D eigenvalue weighted by atomic mass is 9.94. The third-order valence-electron chi connectivity index (χ3n) is 2.24. The Bertz CT molecular complexity index is 425. The van der Waals surface area contributed by atoms with Crippen molar-refractivity contribution in [2.75, 3.05) is 0 Å². The predicted molar refractivity (Wildman–Crippen MR) is 58.9 cm³/mol. The number of carbonyl (C=O) groups is 1. The molecule has 17 heavy (non-hydrogen) atoms. The summed E-state index contributed by atoms with van der Waals surface area (Å²) < 4.78 is 17.8. The van der Waals surface area contributed by atoms with Gasteiger partial charge < -0.3 is 20.5 Å². The Morgan fingerprint density at radius 1 is 1.65 bits per heavy atom. The van der Waals surface area contributed by atoms with Crippen molar-refractivity contribution in [2.24, 2.45) is 5.73 Å². The average molecular weight is 240 g/mol. The molecule has 0 saturated carbocycles. The number of hydrogen-bond acceptors (Lipinski definition) is 4. The van der Waals surface area contributed by atoms with Gasteiger partial charge in [-0.1, -0.05) is 6.07 Å². The van der Waals surface area contributed by atoms with Crippen LogP contribution in [0.15, 0.2) is 18.2 Å². The van der Waals surface area contributed by atoms with Gasteiger partial charge in [0.15, 0.2) is 5.82 Å². The molecule has 1 aromatic carbocycles. The zero-order chi connectivity index (χ0) is 13.1. The Kier molecular flexibility index (Phi) is 4.09. The molecule has 0 aromatic heterocycles. The molecule has 5 nitrogen and oxygen atoms in total. The second kappa shape index (κ2) is 5.16. The SMILES string of the molecule is C[C@](N)(Cc1ccc(O[B]O)c(F)c1)C(=O)O. The molecule has 0 aliphatic carbocycles.